The first kappa shape index (κ1) is 15.8. The summed E-state index contributed by atoms with van der Waals surface area (Å²) in [6.45, 7) is 6.96. The van der Waals surface area contributed by atoms with Crippen molar-refractivity contribution in [3.63, 3.8) is 0 Å². The molecule has 0 fully saturated rings. The highest BCUT2D eigenvalue weighted by Gasteiger charge is 2.25. The molecule has 1 aromatic rings. The number of aliphatic hydroxyl groups excluding tert-OH is 1. The zero-order chi connectivity index (χ0) is 14.3. The molecule has 0 saturated carbocycles. The Morgan fingerprint density at radius 1 is 1.26 bits per heavy atom. The molecule has 0 amide bonds. The van der Waals surface area contributed by atoms with Gasteiger partial charge in [-0.2, -0.15) is 0 Å². The Morgan fingerprint density at radius 3 is 2.32 bits per heavy atom. The van der Waals surface area contributed by atoms with Crippen LogP contribution in [0.5, 0.6) is 11.5 Å². The minimum Gasteiger partial charge on any atom is -0.497 e. The van der Waals surface area contributed by atoms with Crippen molar-refractivity contribution in [3.8, 4) is 11.5 Å². The molecule has 19 heavy (non-hydrogen) atoms. The van der Waals surface area contributed by atoms with Crippen molar-refractivity contribution in [2.75, 3.05) is 20.3 Å². The minimum atomic E-state index is -0.305. The lowest BCUT2D eigenvalue weighted by Gasteiger charge is -2.31. The van der Waals surface area contributed by atoms with Crippen LogP contribution in [0.3, 0.4) is 0 Å². The number of ether oxygens (including phenoxy) is 2. The van der Waals surface area contributed by atoms with E-state index in [-0.39, 0.29) is 18.2 Å². The normalized spacial score (nSPS) is 15.6. The molecule has 0 aliphatic heterocycles. The van der Waals surface area contributed by atoms with Crippen LogP contribution in [0.4, 0.5) is 0 Å². The van der Waals surface area contributed by atoms with E-state index in [2.05, 4.69) is 5.32 Å². The van der Waals surface area contributed by atoms with Gasteiger partial charge in [0.15, 0.2) is 0 Å². The Hall–Kier alpha value is -1.26. The molecule has 2 N–H and O–H groups in total. The number of aliphatic hydroxyl groups is 1. The highest BCUT2D eigenvalue weighted by atomic mass is 16.5. The maximum Gasteiger partial charge on any atom is 0.119 e. The molecule has 4 heteroatoms. The van der Waals surface area contributed by atoms with Crippen LogP contribution in [0.15, 0.2) is 24.3 Å². The Bertz CT molecular complexity index is 366. The molecule has 108 valence electrons. The molecule has 0 aliphatic carbocycles. The fraction of sp³-hybridized carbons (Fsp3) is 0.600. The summed E-state index contributed by atoms with van der Waals surface area (Å²) in [4.78, 5) is 0. The molecule has 0 spiro atoms. The summed E-state index contributed by atoms with van der Waals surface area (Å²) in [6, 6.07) is 7.52. The minimum absolute atomic E-state index is 0.0181. The van der Waals surface area contributed by atoms with Gasteiger partial charge in [0.2, 0.25) is 0 Å². The van der Waals surface area contributed by atoms with E-state index in [0.717, 1.165) is 24.5 Å². The Kier molecular flexibility index (Phi) is 6.12. The number of likely N-dealkylation sites (N-methyl/N-ethyl adjacent to an activating group) is 1. The van der Waals surface area contributed by atoms with Gasteiger partial charge in [0, 0.05) is 12.0 Å². The lowest BCUT2D eigenvalue weighted by Crippen LogP contribution is -2.48. The molecule has 2 unspecified atom stereocenters. The summed E-state index contributed by atoms with van der Waals surface area (Å²) in [6.07, 6.45) is 0.758. The first-order valence-electron chi connectivity index (χ1n) is 6.69. The van der Waals surface area contributed by atoms with Crippen molar-refractivity contribution in [3.05, 3.63) is 24.3 Å². The van der Waals surface area contributed by atoms with E-state index in [4.69, 9.17) is 9.47 Å². The van der Waals surface area contributed by atoms with E-state index in [1.54, 1.807) is 7.11 Å². The largest absolute Gasteiger partial charge is 0.497 e. The van der Waals surface area contributed by atoms with Gasteiger partial charge in [0.25, 0.3) is 0 Å². The van der Waals surface area contributed by atoms with E-state index < -0.39 is 0 Å². The second-order valence-corrected chi connectivity index (χ2v) is 5.06. The zero-order valence-corrected chi connectivity index (χ0v) is 12.3. The van der Waals surface area contributed by atoms with Crippen LogP contribution in [0, 0.1) is 0 Å². The van der Waals surface area contributed by atoms with Crippen molar-refractivity contribution in [2.24, 2.45) is 0 Å². The summed E-state index contributed by atoms with van der Waals surface area (Å²) in [5.74, 6) is 1.62. The van der Waals surface area contributed by atoms with Crippen LogP contribution in [-0.2, 0) is 0 Å². The van der Waals surface area contributed by atoms with Crippen LogP contribution in [0.1, 0.15) is 27.2 Å². The molecule has 0 aromatic heterocycles. The predicted molar refractivity (Wildman–Crippen MR) is 76.9 cm³/mol. The number of rotatable bonds is 8. The molecule has 0 radical (unpaired) electrons. The molecule has 0 aliphatic rings. The molecule has 4 nitrogen and oxygen atoms in total. The summed E-state index contributed by atoms with van der Waals surface area (Å²) >= 11 is 0. The van der Waals surface area contributed by atoms with E-state index in [1.807, 2.05) is 45.0 Å². The Balaban J connectivity index is 2.55. The summed E-state index contributed by atoms with van der Waals surface area (Å²) < 4.78 is 11.0. The topological polar surface area (TPSA) is 50.7 Å². The van der Waals surface area contributed by atoms with E-state index in [0.29, 0.717) is 0 Å². The first-order chi connectivity index (χ1) is 9.03. The fourth-order valence-corrected chi connectivity index (χ4v) is 2.18. The lowest BCUT2D eigenvalue weighted by atomic mass is 9.95. The zero-order valence-electron chi connectivity index (χ0n) is 12.3. The summed E-state index contributed by atoms with van der Waals surface area (Å²) in [7, 11) is 1.64. The van der Waals surface area contributed by atoms with E-state index in [1.165, 1.54) is 0 Å². The van der Waals surface area contributed by atoms with Crippen molar-refractivity contribution >= 4 is 0 Å². The van der Waals surface area contributed by atoms with Gasteiger partial charge in [-0.15, -0.1) is 0 Å². The molecule has 1 aromatic carbocycles. The lowest BCUT2D eigenvalue weighted by molar-refractivity contribution is 0.111. The molecule has 2 atom stereocenters. The summed E-state index contributed by atoms with van der Waals surface area (Å²) in [5.41, 5.74) is -0.305. The van der Waals surface area contributed by atoms with Crippen molar-refractivity contribution in [1.29, 1.82) is 0 Å². The SMILES string of the molecule is CCNC(C)(CO)CC(C)Oc1ccc(OC)cc1. The van der Waals surface area contributed by atoms with Crippen LogP contribution in [0.25, 0.3) is 0 Å². The molecule has 0 heterocycles. The highest BCUT2D eigenvalue weighted by Crippen LogP contribution is 2.21. The molecular weight excluding hydrogens is 242 g/mol. The van der Waals surface area contributed by atoms with Crippen molar-refractivity contribution in [1.82, 2.24) is 5.32 Å². The van der Waals surface area contributed by atoms with Crippen LogP contribution >= 0.6 is 0 Å². The molecular formula is C15H25NO3. The predicted octanol–water partition coefficient (Wildman–Crippen LogP) is 2.21. The standard InChI is InChI=1S/C15H25NO3/c1-5-16-15(3,11-17)10-12(2)19-14-8-6-13(18-4)7-9-14/h6-9,12,16-17H,5,10-11H2,1-4H3. The quantitative estimate of drug-likeness (QED) is 0.758. The highest BCUT2D eigenvalue weighted by molar-refractivity contribution is 5.31. The molecule has 0 saturated heterocycles. The number of hydrogen-bond acceptors (Lipinski definition) is 4. The second kappa shape index (κ2) is 7.36. The van der Waals surface area contributed by atoms with Gasteiger partial charge in [0.05, 0.1) is 19.8 Å². The average Bonchev–Trinajstić information content (AvgIpc) is 2.39. The molecule has 1 rings (SSSR count). The van der Waals surface area contributed by atoms with E-state index in [9.17, 15) is 5.11 Å². The van der Waals surface area contributed by atoms with Gasteiger partial charge in [-0.25, -0.2) is 0 Å². The first-order valence-corrected chi connectivity index (χ1v) is 6.69. The fourth-order valence-electron chi connectivity index (χ4n) is 2.18. The molecule has 0 bridgehead atoms. The smallest absolute Gasteiger partial charge is 0.119 e. The monoisotopic (exact) mass is 267 g/mol. The Labute approximate surface area is 115 Å². The number of hydrogen-bond donors (Lipinski definition) is 2. The van der Waals surface area contributed by atoms with Crippen LogP contribution < -0.4 is 14.8 Å². The third-order valence-electron chi connectivity index (χ3n) is 3.09. The third kappa shape index (κ3) is 5.09. The number of benzene rings is 1. The number of nitrogens with one attached hydrogen (secondary N) is 1. The summed E-state index contributed by atoms with van der Waals surface area (Å²) in [5, 5.41) is 12.8. The number of methoxy groups -OCH3 is 1. The van der Waals surface area contributed by atoms with E-state index >= 15 is 0 Å². The maximum atomic E-state index is 9.47. The van der Waals surface area contributed by atoms with Crippen LogP contribution in [-0.4, -0.2) is 37.0 Å². The van der Waals surface area contributed by atoms with Gasteiger partial charge in [-0.1, -0.05) is 6.92 Å². The van der Waals surface area contributed by atoms with Crippen molar-refractivity contribution < 1.29 is 14.6 Å². The van der Waals surface area contributed by atoms with Gasteiger partial charge >= 0.3 is 0 Å². The van der Waals surface area contributed by atoms with Gasteiger partial charge in [0.1, 0.15) is 11.5 Å². The van der Waals surface area contributed by atoms with Gasteiger partial charge in [-0.3, -0.25) is 0 Å². The maximum absolute atomic E-state index is 9.47. The average molecular weight is 267 g/mol. The van der Waals surface area contributed by atoms with Gasteiger partial charge in [-0.05, 0) is 44.7 Å². The Morgan fingerprint density at radius 2 is 1.84 bits per heavy atom. The van der Waals surface area contributed by atoms with Crippen molar-refractivity contribution in [2.45, 2.75) is 38.8 Å². The van der Waals surface area contributed by atoms with Crippen LogP contribution in [0.2, 0.25) is 0 Å². The second-order valence-electron chi connectivity index (χ2n) is 5.06. The third-order valence-corrected chi connectivity index (χ3v) is 3.09. The van der Waals surface area contributed by atoms with Gasteiger partial charge < -0.3 is 19.9 Å².